The Morgan fingerprint density at radius 3 is 2.38 bits per heavy atom. The van der Waals surface area contributed by atoms with Crippen LogP contribution >= 0.6 is 0 Å². The third-order valence-electron chi connectivity index (χ3n) is 2.05. The average molecular weight is 235 g/mol. The first kappa shape index (κ1) is 12.2. The van der Waals surface area contributed by atoms with Crippen molar-refractivity contribution >= 4 is 11.8 Å². The number of aliphatic carboxylic acids is 1. The summed E-state index contributed by atoms with van der Waals surface area (Å²) >= 11 is 0. The molecule has 1 unspecified atom stereocenters. The zero-order chi connectivity index (χ0) is 12.6. The molecule has 1 aromatic heterocycles. The van der Waals surface area contributed by atoms with E-state index in [1.807, 2.05) is 0 Å². The molecule has 1 atom stereocenters. The van der Waals surface area contributed by atoms with Crippen molar-refractivity contribution in [3.63, 3.8) is 0 Å². The Hall–Kier alpha value is -1.83. The van der Waals surface area contributed by atoms with Gasteiger partial charge in [-0.2, -0.15) is 13.2 Å². The Morgan fingerprint density at radius 2 is 2.00 bits per heavy atom. The summed E-state index contributed by atoms with van der Waals surface area (Å²) in [6.07, 6.45) is -4.03. The summed E-state index contributed by atoms with van der Waals surface area (Å²) in [6.45, 7) is 0. The maximum absolute atomic E-state index is 12.6. The van der Waals surface area contributed by atoms with Gasteiger partial charge in [-0.05, 0) is 6.07 Å². The minimum absolute atomic E-state index is 0.565. The number of nitrogens with zero attached hydrogens (tertiary/aromatic N) is 1. The predicted molar refractivity (Wildman–Crippen MR) is 48.2 cm³/mol. The van der Waals surface area contributed by atoms with E-state index in [1.165, 1.54) is 0 Å². The Balaban J connectivity index is 3.46. The number of nitrogen functional groups attached to an aromatic ring is 1. The highest BCUT2D eigenvalue weighted by Gasteiger charge is 2.60. The van der Waals surface area contributed by atoms with E-state index in [-0.39, 0.29) is 0 Å². The Labute approximate surface area is 87.9 Å². The molecule has 0 aliphatic heterocycles. The largest absolute Gasteiger partial charge is 0.479 e. The van der Waals surface area contributed by atoms with Gasteiger partial charge in [0.15, 0.2) is 0 Å². The number of hydrogen-bond donors (Lipinski definition) is 3. The van der Waals surface area contributed by atoms with Crippen LogP contribution in [0.5, 0.6) is 0 Å². The molecule has 8 heteroatoms. The molecule has 0 spiro atoms. The third kappa shape index (κ3) is 1.67. The first-order chi connectivity index (χ1) is 7.21. The lowest BCUT2D eigenvalue weighted by Gasteiger charge is -2.28. The van der Waals surface area contributed by atoms with Gasteiger partial charge < -0.3 is 16.6 Å². The molecule has 16 heavy (non-hydrogen) atoms. The molecule has 5 N–H and O–H groups in total. The van der Waals surface area contributed by atoms with Gasteiger partial charge >= 0.3 is 12.1 Å². The number of anilines is 1. The van der Waals surface area contributed by atoms with Crippen molar-refractivity contribution in [2.24, 2.45) is 5.73 Å². The fraction of sp³-hybridized carbons (Fsp3) is 0.250. The van der Waals surface area contributed by atoms with Crippen LogP contribution in [0.25, 0.3) is 0 Å². The van der Waals surface area contributed by atoms with Gasteiger partial charge in [0.1, 0.15) is 5.82 Å². The molecule has 0 aliphatic carbocycles. The van der Waals surface area contributed by atoms with Gasteiger partial charge in [-0.1, -0.05) is 6.07 Å². The molecule has 1 rings (SSSR count). The van der Waals surface area contributed by atoms with Gasteiger partial charge in [0.25, 0.3) is 0 Å². The summed E-state index contributed by atoms with van der Waals surface area (Å²) in [7, 11) is 0. The van der Waals surface area contributed by atoms with E-state index >= 15 is 0 Å². The van der Waals surface area contributed by atoms with E-state index in [4.69, 9.17) is 16.6 Å². The van der Waals surface area contributed by atoms with Gasteiger partial charge in [0.2, 0.25) is 5.54 Å². The Kier molecular flexibility index (Phi) is 2.78. The van der Waals surface area contributed by atoms with Gasteiger partial charge in [-0.3, -0.25) is 0 Å². The number of aromatic nitrogens is 1. The quantitative estimate of drug-likeness (QED) is 0.691. The molecule has 0 saturated heterocycles. The van der Waals surface area contributed by atoms with Crippen LogP contribution in [0.15, 0.2) is 18.3 Å². The second kappa shape index (κ2) is 3.63. The minimum Gasteiger partial charge on any atom is -0.479 e. The average Bonchev–Trinajstić information content (AvgIpc) is 2.15. The number of pyridine rings is 1. The van der Waals surface area contributed by atoms with E-state index < -0.39 is 29.1 Å². The van der Waals surface area contributed by atoms with E-state index in [9.17, 15) is 18.0 Å². The van der Waals surface area contributed by atoms with Gasteiger partial charge in [-0.25, -0.2) is 9.78 Å². The molecule has 0 aliphatic rings. The lowest BCUT2D eigenvalue weighted by Crippen LogP contribution is -2.57. The topological polar surface area (TPSA) is 102 Å². The highest BCUT2D eigenvalue weighted by atomic mass is 19.4. The number of nitrogens with two attached hydrogens (primary N) is 2. The molecule has 88 valence electrons. The number of alkyl halides is 3. The van der Waals surface area contributed by atoms with Gasteiger partial charge in [0.05, 0.1) is 0 Å². The highest BCUT2D eigenvalue weighted by molar-refractivity contribution is 5.83. The number of carbonyl (C=O) groups is 1. The SMILES string of the molecule is Nc1ncccc1C(N)(C(=O)O)C(F)(F)F. The number of hydrogen-bond acceptors (Lipinski definition) is 4. The molecular weight excluding hydrogens is 227 g/mol. The summed E-state index contributed by atoms with van der Waals surface area (Å²) in [5, 5.41) is 8.62. The molecule has 0 bridgehead atoms. The van der Waals surface area contributed by atoms with Crippen LogP contribution in [0, 0.1) is 0 Å². The smallest absolute Gasteiger partial charge is 0.421 e. The second-order valence-corrected chi connectivity index (χ2v) is 3.05. The lowest BCUT2D eigenvalue weighted by molar-refractivity contribution is -0.204. The number of carboxylic acids is 1. The summed E-state index contributed by atoms with van der Waals surface area (Å²) in [5.41, 5.74) is 5.75. The van der Waals surface area contributed by atoms with E-state index in [1.54, 1.807) is 0 Å². The minimum atomic E-state index is -5.17. The van der Waals surface area contributed by atoms with Crippen molar-refractivity contribution in [2.75, 3.05) is 5.73 Å². The Bertz CT molecular complexity index is 421. The zero-order valence-corrected chi connectivity index (χ0v) is 7.82. The molecule has 1 heterocycles. The molecule has 0 amide bonds. The van der Waals surface area contributed by atoms with Crippen molar-refractivity contribution < 1.29 is 23.1 Å². The fourth-order valence-corrected chi connectivity index (χ4v) is 1.14. The van der Waals surface area contributed by atoms with Crippen molar-refractivity contribution in [3.8, 4) is 0 Å². The summed E-state index contributed by atoms with van der Waals surface area (Å²) in [6, 6.07) is 2.01. The molecule has 0 aromatic carbocycles. The highest BCUT2D eigenvalue weighted by Crippen LogP contribution is 2.38. The van der Waals surface area contributed by atoms with Crippen molar-refractivity contribution in [2.45, 2.75) is 11.7 Å². The first-order valence-corrected chi connectivity index (χ1v) is 4.01. The van der Waals surface area contributed by atoms with Crippen LogP contribution < -0.4 is 11.5 Å². The van der Waals surface area contributed by atoms with Gasteiger partial charge in [-0.15, -0.1) is 0 Å². The van der Waals surface area contributed by atoms with Crippen LogP contribution in [-0.4, -0.2) is 22.2 Å². The van der Waals surface area contributed by atoms with Crippen molar-refractivity contribution in [1.29, 1.82) is 0 Å². The first-order valence-electron chi connectivity index (χ1n) is 4.01. The normalized spacial score (nSPS) is 15.5. The number of carboxylic acid groups (broad SMARTS) is 1. The molecule has 0 fully saturated rings. The predicted octanol–water partition coefficient (Wildman–Crippen LogP) is 0.465. The Morgan fingerprint density at radius 1 is 1.44 bits per heavy atom. The van der Waals surface area contributed by atoms with Crippen LogP contribution in [0.4, 0.5) is 19.0 Å². The number of rotatable bonds is 2. The van der Waals surface area contributed by atoms with Crippen LogP contribution in [0.1, 0.15) is 5.56 Å². The maximum atomic E-state index is 12.6. The molecule has 1 aromatic rings. The summed E-state index contributed by atoms with van der Waals surface area (Å²) in [4.78, 5) is 14.1. The third-order valence-corrected chi connectivity index (χ3v) is 2.05. The molecule has 0 radical (unpaired) electrons. The van der Waals surface area contributed by atoms with E-state index in [2.05, 4.69) is 4.98 Å². The second-order valence-electron chi connectivity index (χ2n) is 3.05. The fourth-order valence-electron chi connectivity index (χ4n) is 1.14. The lowest BCUT2D eigenvalue weighted by atomic mass is 9.91. The van der Waals surface area contributed by atoms with Crippen molar-refractivity contribution in [1.82, 2.24) is 4.98 Å². The monoisotopic (exact) mass is 235 g/mol. The van der Waals surface area contributed by atoms with E-state index in [0.717, 1.165) is 18.3 Å². The van der Waals surface area contributed by atoms with Crippen LogP contribution in [0.3, 0.4) is 0 Å². The van der Waals surface area contributed by atoms with Crippen LogP contribution in [0.2, 0.25) is 0 Å². The van der Waals surface area contributed by atoms with Gasteiger partial charge in [0, 0.05) is 11.8 Å². The molecular formula is C8H8F3N3O2. The zero-order valence-electron chi connectivity index (χ0n) is 7.82. The van der Waals surface area contributed by atoms with E-state index in [0.29, 0.717) is 0 Å². The summed E-state index contributed by atoms with van der Waals surface area (Å²) in [5.74, 6) is -2.80. The van der Waals surface area contributed by atoms with Crippen LogP contribution in [-0.2, 0) is 10.3 Å². The summed E-state index contributed by atoms with van der Waals surface area (Å²) < 4.78 is 37.9. The molecule has 5 nitrogen and oxygen atoms in total. The standard InChI is InChI=1S/C8H8F3N3O2/c9-8(10,11)7(13,6(15)16)4-2-1-3-14-5(4)12/h1-3H,13H2,(H2,12,14)(H,15,16). The maximum Gasteiger partial charge on any atom is 0.421 e. The molecule has 0 saturated carbocycles. The number of halogens is 3. The van der Waals surface area contributed by atoms with Crippen molar-refractivity contribution in [3.05, 3.63) is 23.9 Å².